The number of likely N-dealkylation sites (tertiary alicyclic amines) is 1. The molecule has 1 aliphatic heterocycles. The van der Waals surface area contributed by atoms with Crippen LogP contribution in [0.4, 0.5) is 18.9 Å². The molecule has 6 heteroatoms. The largest absolute Gasteiger partial charge is 0.339 e. The second-order valence-corrected chi connectivity index (χ2v) is 10.8. The normalized spacial score (nSPS) is 14.3. The Balaban J connectivity index is 1.49. The van der Waals surface area contributed by atoms with E-state index in [2.05, 4.69) is 13.2 Å². The monoisotopic (exact) mass is 558 g/mol. The number of carbonyl (C=O) groups is 1. The van der Waals surface area contributed by atoms with E-state index in [1.807, 2.05) is 57.2 Å². The average molecular weight is 559 g/mol. The number of hydrogen-bond acceptors (Lipinski definition) is 2. The van der Waals surface area contributed by atoms with E-state index in [1.165, 1.54) is 12.1 Å². The van der Waals surface area contributed by atoms with Crippen molar-refractivity contribution in [1.82, 2.24) is 4.90 Å². The highest BCUT2D eigenvalue weighted by Gasteiger charge is 2.31. The molecule has 0 spiro atoms. The number of alkyl halides is 2. The van der Waals surface area contributed by atoms with Gasteiger partial charge in [-0.15, -0.1) is 0 Å². The fourth-order valence-corrected chi connectivity index (χ4v) is 5.43. The Labute approximate surface area is 241 Å². The number of para-hydroxylation sites is 1. The minimum absolute atomic E-state index is 0.0912. The van der Waals surface area contributed by atoms with Crippen molar-refractivity contribution in [3.8, 4) is 0 Å². The number of anilines is 1. The van der Waals surface area contributed by atoms with Crippen LogP contribution in [0.5, 0.6) is 0 Å². The van der Waals surface area contributed by atoms with Crippen molar-refractivity contribution in [2.75, 3.05) is 18.0 Å². The van der Waals surface area contributed by atoms with Gasteiger partial charge in [-0.25, -0.2) is 4.39 Å². The lowest BCUT2D eigenvalue weighted by Crippen LogP contribution is -2.41. The summed E-state index contributed by atoms with van der Waals surface area (Å²) in [6, 6.07) is 19.1. The number of nitrogens with zero attached hydrogens (tertiary/aromatic N) is 2. The zero-order valence-corrected chi connectivity index (χ0v) is 24.0. The number of rotatable bonds is 9. The van der Waals surface area contributed by atoms with Crippen LogP contribution in [0, 0.1) is 25.6 Å². The van der Waals surface area contributed by atoms with Crippen molar-refractivity contribution in [3.63, 3.8) is 0 Å². The first-order chi connectivity index (χ1) is 19.6. The summed E-state index contributed by atoms with van der Waals surface area (Å²) in [4.78, 5) is 16.3. The number of halogens is 3. The molecule has 3 aromatic carbocycles. The molecule has 0 bridgehead atoms. The molecule has 1 fully saturated rings. The molecule has 0 atom stereocenters. The van der Waals surface area contributed by atoms with Gasteiger partial charge in [0.05, 0.1) is 0 Å². The van der Waals surface area contributed by atoms with Crippen LogP contribution in [0.1, 0.15) is 58.8 Å². The maximum absolute atomic E-state index is 14.1. The summed E-state index contributed by atoms with van der Waals surface area (Å²) in [6.45, 7) is 11.9. The Morgan fingerprint density at radius 2 is 1.68 bits per heavy atom. The van der Waals surface area contributed by atoms with Crippen LogP contribution < -0.4 is 4.90 Å². The zero-order valence-electron chi connectivity index (χ0n) is 24.0. The van der Waals surface area contributed by atoms with E-state index in [0.717, 1.165) is 38.3 Å². The van der Waals surface area contributed by atoms with E-state index in [9.17, 15) is 18.0 Å². The number of carbonyl (C=O) groups excluding carboxylic acids is 1. The Hall–Kier alpha value is -4.06. The van der Waals surface area contributed by atoms with Crippen molar-refractivity contribution in [3.05, 3.63) is 131 Å². The fourth-order valence-electron chi connectivity index (χ4n) is 5.43. The highest BCUT2D eigenvalue weighted by molar-refractivity contribution is 5.95. The molecule has 41 heavy (non-hydrogen) atoms. The maximum atomic E-state index is 14.1. The minimum atomic E-state index is -2.70. The lowest BCUT2D eigenvalue weighted by atomic mass is 9.90. The standard InChI is InChI=1S/C35H37F3N2O/c1-23(2)13-15-32(28-10-8-11-30(36)22-28)31-16-14-29(21-25(31)4)34(41)39-19-17-27(18-20-39)26(5)40(35(37)38)33-12-7-6-9-24(33)3/h6-12,14-16,21-22,27,35H,1,5,13,17-20H2,2-4H3/b32-15-. The van der Waals surface area contributed by atoms with Gasteiger partial charge in [0.2, 0.25) is 0 Å². The number of hydrogen-bond donors (Lipinski definition) is 0. The Morgan fingerprint density at radius 3 is 2.29 bits per heavy atom. The lowest BCUT2D eigenvalue weighted by Gasteiger charge is -2.37. The van der Waals surface area contributed by atoms with Crippen LogP contribution in [0.2, 0.25) is 0 Å². The van der Waals surface area contributed by atoms with Crippen molar-refractivity contribution in [2.24, 2.45) is 5.92 Å². The smallest absolute Gasteiger partial charge is 0.319 e. The van der Waals surface area contributed by atoms with Gasteiger partial charge in [0.25, 0.3) is 5.91 Å². The number of amides is 1. The topological polar surface area (TPSA) is 23.6 Å². The molecule has 1 saturated heterocycles. The summed E-state index contributed by atoms with van der Waals surface area (Å²) >= 11 is 0. The molecular weight excluding hydrogens is 521 g/mol. The molecule has 3 aromatic rings. The molecule has 0 unspecified atom stereocenters. The van der Waals surface area contributed by atoms with Gasteiger partial charge in [-0.2, -0.15) is 8.78 Å². The summed E-state index contributed by atoms with van der Waals surface area (Å²) in [5.41, 5.74) is 6.63. The fraction of sp³-hybridized carbons (Fsp3) is 0.286. The first-order valence-corrected chi connectivity index (χ1v) is 13.9. The molecule has 0 N–H and O–H groups in total. The molecule has 214 valence electrons. The number of aryl methyl sites for hydroxylation is 2. The first-order valence-electron chi connectivity index (χ1n) is 13.9. The van der Waals surface area contributed by atoms with Gasteiger partial charge in [0.15, 0.2) is 0 Å². The van der Waals surface area contributed by atoms with Gasteiger partial charge in [0.1, 0.15) is 5.82 Å². The second kappa shape index (κ2) is 13.1. The summed E-state index contributed by atoms with van der Waals surface area (Å²) in [7, 11) is 0. The van der Waals surface area contributed by atoms with Crippen LogP contribution in [0.3, 0.4) is 0 Å². The van der Waals surface area contributed by atoms with E-state index < -0.39 is 6.55 Å². The zero-order chi connectivity index (χ0) is 29.7. The van der Waals surface area contributed by atoms with Crippen LogP contribution in [0.25, 0.3) is 5.57 Å². The van der Waals surface area contributed by atoms with E-state index >= 15 is 0 Å². The maximum Gasteiger partial charge on any atom is 0.319 e. The number of benzene rings is 3. The number of piperidine rings is 1. The predicted octanol–water partition coefficient (Wildman–Crippen LogP) is 8.94. The van der Waals surface area contributed by atoms with Crippen LogP contribution in [-0.4, -0.2) is 30.4 Å². The predicted molar refractivity (Wildman–Crippen MR) is 162 cm³/mol. The van der Waals surface area contributed by atoms with Gasteiger partial charge in [-0.05, 0) is 98.2 Å². The first kappa shape index (κ1) is 29.9. The Morgan fingerprint density at radius 1 is 0.976 bits per heavy atom. The molecule has 4 rings (SSSR count). The van der Waals surface area contributed by atoms with Crippen molar-refractivity contribution < 1.29 is 18.0 Å². The third kappa shape index (κ3) is 6.99. The average Bonchev–Trinajstić information content (AvgIpc) is 2.94. The molecule has 1 amide bonds. The molecule has 0 aliphatic carbocycles. The van der Waals surface area contributed by atoms with Crippen molar-refractivity contribution in [2.45, 2.75) is 46.6 Å². The Kier molecular flexibility index (Phi) is 9.53. The van der Waals surface area contributed by atoms with E-state index in [4.69, 9.17) is 0 Å². The van der Waals surface area contributed by atoms with E-state index in [-0.39, 0.29) is 17.6 Å². The second-order valence-electron chi connectivity index (χ2n) is 10.8. The molecule has 0 aromatic heterocycles. The Bertz CT molecular complexity index is 1470. The van der Waals surface area contributed by atoms with E-state index in [1.54, 1.807) is 29.2 Å². The highest BCUT2D eigenvalue weighted by atomic mass is 19.3. The summed E-state index contributed by atoms with van der Waals surface area (Å²) in [5, 5.41) is 0. The van der Waals surface area contributed by atoms with Crippen LogP contribution >= 0.6 is 0 Å². The van der Waals surface area contributed by atoms with E-state index in [0.29, 0.717) is 49.3 Å². The van der Waals surface area contributed by atoms with Gasteiger partial charge in [-0.3, -0.25) is 9.69 Å². The van der Waals surface area contributed by atoms with Gasteiger partial charge in [-0.1, -0.05) is 61.2 Å². The number of allylic oxidation sites excluding steroid dienone is 3. The van der Waals surface area contributed by atoms with Crippen molar-refractivity contribution in [1.29, 1.82) is 0 Å². The quantitative estimate of drug-likeness (QED) is 0.193. The summed E-state index contributed by atoms with van der Waals surface area (Å²) in [5.74, 6) is -0.551. The molecular formula is C35H37F3N2O. The highest BCUT2D eigenvalue weighted by Crippen LogP contribution is 2.34. The molecule has 1 heterocycles. The van der Waals surface area contributed by atoms with Gasteiger partial charge < -0.3 is 4.90 Å². The van der Waals surface area contributed by atoms with Gasteiger partial charge in [0, 0.05) is 36.0 Å². The third-order valence-corrected chi connectivity index (χ3v) is 7.69. The molecule has 1 aliphatic rings. The SMILES string of the molecule is C=C(C)C/C=C(/c1cccc(F)c1)c1ccc(C(=O)N2CCC(C(=C)N(c3ccccc3C)C(F)F)CC2)cc1C. The van der Waals surface area contributed by atoms with Crippen LogP contribution in [0.15, 0.2) is 97.2 Å². The van der Waals surface area contributed by atoms with Crippen molar-refractivity contribution >= 4 is 17.2 Å². The summed E-state index contributed by atoms with van der Waals surface area (Å²) < 4.78 is 42.3. The molecule has 3 nitrogen and oxygen atoms in total. The third-order valence-electron chi connectivity index (χ3n) is 7.69. The molecule has 0 saturated carbocycles. The molecule has 0 radical (unpaired) electrons. The van der Waals surface area contributed by atoms with Gasteiger partial charge >= 0.3 is 6.55 Å². The van der Waals surface area contributed by atoms with Crippen LogP contribution in [-0.2, 0) is 0 Å². The summed E-state index contributed by atoms with van der Waals surface area (Å²) in [6.07, 6.45) is 3.81. The minimum Gasteiger partial charge on any atom is -0.339 e. The lowest BCUT2D eigenvalue weighted by molar-refractivity contribution is 0.0695.